The van der Waals surface area contributed by atoms with E-state index < -0.39 is 11.7 Å². The zero-order valence-electron chi connectivity index (χ0n) is 21.8. The van der Waals surface area contributed by atoms with Crippen molar-refractivity contribution in [3.8, 4) is 17.6 Å². The fourth-order valence-corrected chi connectivity index (χ4v) is 4.39. The number of carbonyl (C=O) groups excluding carboxylic acids is 1. The van der Waals surface area contributed by atoms with Gasteiger partial charge < -0.3 is 30.2 Å². The maximum atomic E-state index is 12.5. The Morgan fingerprint density at radius 2 is 1.78 bits per heavy atom. The van der Waals surface area contributed by atoms with Crippen molar-refractivity contribution in [1.82, 2.24) is 19.7 Å². The van der Waals surface area contributed by atoms with Gasteiger partial charge in [0.2, 0.25) is 5.95 Å². The molecule has 0 aliphatic heterocycles. The molecular formula is C26H33N7O4. The first-order valence-corrected chi connectivity index (χ1v) is 12.2. The van der Waals surface area contributed by atoms with Crippen molar-refractivity contribution in [3.05, 3.63) is 36.2 Å². The second-order valence-corrected chi connectivity index (χ2v) is 9.91. The average Bonchev–Trinajstić information content (AvgIpc) is 3.34. The molecule has 3 aromatic rings. The second-order valence-electron chi connectivity index (χ2n) is 9.91. The van der Waals surface area contributed by atoms with Gasteiger partial charge in [0.05, 0.1) is 20.3 Å². The van der Waals surface area contributed by atoms with Gasteiger partial charge in [-0.05, 0) is 33.6 Å². The number of benzene rings is 1. The van der Waals surface area contributed by atoms with Crippen molar-refractivity contribution in [2.45, 2.75) is 64.1 Å². The molecule has 0 unspecified atom stereocenters. The number of nitrogens with one attached hydrogen (secondary N) is 3. The number of amides is 1. The molecule has 0 saturated heterocycles. The molecule has 1 amide bonds. The van der Waals surface area contributed by atoms with E-state index in [1.165, 1.54) is 0 Å². The lowest BCUT2D eigenvalue weighted by Gasteiger charge is -2.33. The van der Waals surface area contributed by atoms with E-state index in [-0.39, 0.29) is 12.1 Å². The number of imidazole rings is 1. The third-order valence-corrected chi connectivity index (χ3v) is 6.06. The van der Waals surface area contributed by atoms with Crippen LogP contribution in [-0.4, -0.2) is 52.4 Å². The lowest BCUT2D eigenvalue weighted by Crippen LogP contribution is -2.50. The van der Waals surface area contributed by atoms with Crippen LogP contribution in [0, 0.1) is 11.3 Å². The quantitative estimate of drug-likeness (QED) is 0.419. The lowest BCUT2D eigenvalue weighted by atomic mass is 9.90. The van der Waals surface area contributed by atoms with Crippen LogP contribution >= 0.6 is 0 Å². The van der Waals surface area contributed by atoms with Crippen LogP contribution in [-0.2, 0) is 4.74 Å². The van der Waals surface area contributed by atoms with Gasteiger partial charge in [0.1, 0.15) is 28.7 Å². The molecule has 1 saturated carbocycles. The van der Waals surface area contributed by atoms with E-state index in [2.05, 4.69) is 27.0 Å². The zero-order chi connectivity index (χ0) is 26.6. The van der Waals surface area contributed by atoms with Crippen molar-refractivity contribution >= 4 is 29.2 Å². The van der Waals surface area contributed by atoms with Gasteiger partial charge in [-0.1, -0.05) is 12.8 Å². The van der Waals surface area contributed by atoms with Gasteiger partial charge in [-0.25, -0.2) is 9.78 Å². The summed E-state index contributed by atoms with van der Waals surface area (Å²) in [5.41, 5.74) is 0.821. The Kier molecular flexibility index (Phi) is 7.57. The van der Waals surface area contributed by atoms with Gasteiger partial charge in [0.25, 0.3) is 0 Å². The molecule has 196 valence electrons. The summed E-state index contributed by atoms with van der Waals surface area (Å²) < 4.78 is 18.0. The number of nitrogens with zero attached hydrogens (tertiary/aromatic N) is 4. The van der Waals surface area contributed by atoms with Crippen molar-refractivity contribution in [2.75, 3.05) is 24.9 Å². The van der Waals surface area contributed by atoms with Crippen molar-refractivity contribution in [2.24, 2.45) is 0 Å². The third kappa shape index (κ3) is 6.14. The number of hydrogen-bond acceptors (Lipinski definition) is 9. The summed E-state index contributed by atoms with van der Waals surface area (Å²) >= 11 is 0. The summed E-state index contributed by atoms with van der Waals surface area (Å²) in [5.74, 6) is 2.04. The number of alkyl carbamates (subject to hydrolysis) is 1. The number of carbonyl (C=O) groups is 1. The van der Waals surface area contributed by atoms with Crippen LogP contribution in [0.5, 0.6) is 11.5 Å². The Labute approximate surface area is 216 Å². The molecule has 2 heterocycles. The highest BCUT2D eigenvalue weighted by atomic mass is 16.6. The van der Waals surface area contributed by atoms with Crippen molar-refractivity contribution in [3.63, 3.8) is 0 Å². The first kappa shape index (κ1) is 25.9. The topological polar surface area (TPSA) is 135 Å². The monoisotopic (exact) mass is 507 g/mol. The molecular weight excluding hydrogens is 474 g/mol. The molecule has 1 aliphatic rings. The highest BCUT2D eigenvalue weighted by molar-refractivity contribution is 5.74. The summed E-state index contributed by atoms with van der Waals surface area (Å²) in [4.78, 5) is 21.7. The van der Waals surface area contributed by atoms with Crippen LogP contribution in [0.1, 0.15) is 52.0 Å². The van der Waals surface area contributed by atoms with Gasteiger partial charge in [-0.2, -0.15) is 10.2 Å². The molecule has 4 rings (SSSR count). The van der Waals surface area contributed by atoms with Crippen LogP contribution in [0.15, 0.2) is 30.6 Å². The van der Waals surface area contributed by atoms with E-state index in [0.717, 1.165) is 25.7 Å². The van der Waals surface area contributed by atoms with Gasteiger partial charge in [0, 0.05) is 42.3 Å². The number of anilines is 3. The second kappa shape index (κ2) is 10.8. The summed E-state index contributed by atoms with van der Waals surface area (Å²) in [7, 11) is 3.14. The molecule has 37 heavy (non-hydrogen) atoms. The van der Waals surface area contributed by atoms with Crippen LogP contribution < -0.4 is 25.4 Å². The van der Waals surface area contributed by atoms with E-state index in [4.69, 9.17) is 19.2 Å². The van der Waals surface area contributed by atoms with Crippen LogP contribution in [0.3, 0.4) is 0 Å². The van der Waals surface area contributed by atoms with Crippen molar-refractivity contribution in [1.29, 1.82) is 5.26 Å². The number of nitriles is 1. The van der Waals surface area contributed by atoms with Crippen LogP contribution in [0.4, 0.5) is 22.2 Å². The molecule has 0 bridgehead atoms. The van der Waals surface area contributed by atoms with Gasteiger partial charge in [0.15, 0.2) is 11.5 Å². The largest absolute Gasteiger partial charge is 0.497 e. The third-order valence-electron chi connectivity index (χ3n) is 6.06. The number of fused-ring (bicyclic) bond motifs is 1. The Balaban J connectivity index is 1.66. The van der Waals surface area contributed by atoms with E-state index in [0.29, 0.717) is 40.2 Å². The van der Waals surface area contributed by atoms with Crippen LogP contribution in [0.25, 0.3) is 5.65 Å². The summed E-state index contributed by atoms with van der Waals surface area (Å²) in [6, 6.07) is 7.33. The molecule has 11 nitrogen and oxygen atoms in total. The average molecular weight is 508 g/mol. The Bertz CT molecular complexity index is 1290. The molecule has 2 aromatic heterocycles. The maximum absolute atomic E-state index is 12.5. The van der Waals surface area contributed by atoms with E-state index in [1.54, 1.807) is 49.2 Å². The number of rotatable bonds is 7. The zero-order valence-corrected chi connectivity index (χ0v) is 21.8. The SMILES string of the molecule is COc1cc(Nc2nc(N[C@H]3CCCC[C@H]3NC(=O)OC(C)(C)C)n3ccnc3c2C#N)cc(OC)c1. The molecule has 2 atom stereocenters. The fourth-order valence-electron chi connectivity index (χ4n) is 4.39. The summed E-state index contributed by atoms with van der Waals surface area (Å²) in [6.07, 6.45) is 6.61. The minimum absolute atomic E-state index is 0.0860. The molecule has 3 N–H and O–H groups in total. The molecule has 0 radical (unpaired) electrons. The highest BCUT2D eigenvalue weighted by Gasteiger charge is 2.30. The fraction of sp³-hybridized carbons (Fsp3) is 0.462. The Morgan fingerprint density at radius 3 is 2.41 bits per heavy atom. The predicted octanol–water partition coefficient (Wildman–Crippen LogP) is 4.61. The molecule has 0 spiro atoms. The van der Waals surface area contributed by atoms with Gasteiger partial charge in [-0.3, -0.25) is 4.40 Å². The van der Waals surface area contributed by atoms with E-state index in [1.807, 2.05) is 20.8 Å². The first-order valence-electron chi connectivity index (χ1n) is 12.2. The number of methoxy groups -OCH3 is 2. The van der Waals surface area contributed by atoms with Gasteiger partial charge >= 0.3 is 6.09 Å². The highest BCUT2D eigenvalue weighted by Crippen LogP contribution is 2.31. The normalized spacial score (nSPS) is 17.5. The maximum Gasteiger partial charge on any atom is 0.407 e. The minimum atomic E-state index is -0.581. The lowest BCUT2D eigenvalue weighted by molar-refractivity contribution is 0.0488. The van der Waals surface area contributed by atoms with Crippen LogP contribution in [0.2, 0.25) is 0 Å². The standard InChI is InChI=1S/C26H33N7O4/c1-26(2,3)37-25(34)31-21-9-7-6-8-20(21)30-24-32-22(19(15-27)23-28-10-11-33(23)24)29-16-12-17(35-4)14-18(13-16)36-5/h10-14,20-21,29H,6-9H2,1-5H3,(H,30,32)(H,31,34)/t20-,21+/m0/s1. The number of hydrogen-bond donors (Lipinski definition) is 3. The smallest absolute Gasteiger partial charge is 0.407 e. The molecule has 1 fully saturated rings. The number of aromatic nitrogens is 3. The van der Waals surface area contributed by atoms with E-state index >= 15 is 0 Å². The predicted molar refractivity (Wildman–Crippen MR) is 140 cm³/mol. The molecule has 11 heteroatoms. The van der Waals surface area contributed by atoms with Crippen molar-refractivity contribution < 1.29 is 19.0 Å². The Hall–Kier alpha value is -4.20. The molecule has 1 aromatic carbocycles. The summed E-state index contributed by atoms with van der Waals surface area (Å²) in [6.45, 7) is 5.52. The Morgan fingerprint density at radius 1 is 1.11 bits per heavy atom. The van der Waals surface area contributed by atoms with E-state index in [9.17, 15) is 10.1 Å². The van der Waals surface area contributed by atoms with Gasteiger partial charge in [-0.15, -0.1) is 0 Å². The first-order chi connectivity index (χ1) is 17.7. The summed E-state index contributed by atoms with van der Waals surface area (Å²) in [5, 5.41) is 19.7. The molecule has 1 aliphatic carbocycles. The minimum Gasteiger partial charge on any atom is -0.497 e. The number of ether oxygens (including phenoxy) is 3.